The quantitative estimate of drug-likeness (QED) is 0.820. The summed E-state index contributed by atoms with van der Waals surface area (Å²) in [4.78, 5) is 31.1. The average molecular weight is 358 g/mol. The summed E-state index contributed by atoms with van der Waals surface area (Å²) < 4.78 is 0. The van der Waals surface area contributed by atoms with Crippen molar-refractivity contribution in [3.05, 3.63) is 24.3 Å². The molecule has 0 bridgehead atoms. The van der Waals surface area contributed by atoms with E-state index in [0.717, 1.165) is 38.3 Å². The minimum Gasteiger partial charge on any atom is -0.369 e. The third kappa shape index (κ3) is 4.55. The van der Waals surface area contributed by atoms with Gasteiger partial charge in [-0.1, -0.05) is 13.8 Å². The van der Waals surface area contributed by atoms with Gasteiger partial charge in [0, 0.05) is 50.6 Å². The van der Waals surface area contributed by atoms with Crippen LogP contribution in [0.25, 0.3) is 0 Å². The van der Waals surface area contributed by atoms with E-state index >= 15 is 0 Å². The molecule has 2 atom stereocenters. The maximum absolute atomic E-state index is 12.4. The Kier molecular flexibility index (Phi) is 5.81. The van der Waals surface area contributed by atoms with Crippen LogP contribution in [0.15, 0.2) is 24.3 Å². The molecule has 6 heteroatoms. The van der Waals surface area contributed by atoms with Gasteiger partial charge in [-0.2, -0.15) is 0 Å². The van der Waals surface area contributed by atoms with Crippen LogP contribution in [0.4, 0.5) is 11.4 Å². The van der Waals surface area contributed by atoms with Crippen LogP contribution in [0.3, 0.4) is 0 Å². The van der Waals surface area contributed by atoms with E-state index < -0.39 is 11.8 Å². The molecule has 0 aliphatic carbocycles. The number of hydrogen-bond acceptors (Lipinski definition) is 4. The van der Waals surface area contributed by atoms with Crippen molar-refractivity contribution in [3.63, 3.8) is 0 Å². The number of carbonyl (C=O) groups is 2. The van der Waals surface area contributed by atoms with Crippen LogP contribution in [-0.2, 0) is 9.59 Å². The van der Waals surface area contributed by atoms with E-state index in [1.54, 1.807) is 4.90 Å². The number of nitrogens with one attached hydrogen (secondary N) is 1. The van der Waals surface area contributed by atoms with Crippen molar-refractivity contribution in [3.8, 4) is 0 Å². The monoisotopic (exact) mass is 358 g/mol. The lowest BCUT2D eigenvalue weighted by Crippen LogP contribution is -2.47. The van der Waals surface area contributed by atoms with Gasteiger partial charge in [-0.25, -0.2) is 0 Å². The zero-order valence-electron chi connectivity index (χ0n) is 16.1. The Morgan fingerprint density at radius 1 is 0.962 bits per heavy atom. The zero-order valence-corrected chi connectivity index (χ0v) is 16.1. The largest absolute Gasteiger partial charge is 0.369 e. The molecular formula is C20H30N4O2. The molecule has 1 aromatic rings. The summed E-state index contributed by atoms with van der Waals surface area (Å²) in [5.41, 5.74) is 1.82. The predicted octanol–water partition coefficient (Wildman–Crippen LogP) is 1.88. The van der Waals surface area contributed by atoms with E-state index in [1.165, 1.54) is 0 Å². The average Bonchev–Trinajstić information content (AvgIpc) is 2.61. The van der Waals surface area contributed by atoms with Crippen molar-refractivity contribution >= 4 is 23.2 Å². The molecule has 0 aromatic heterocycles. The Bertz CT molecular complexity index is 628. The summed E-state index contributed by atoms with van der Waals surface area (Å²) in [6, 6.07) is 7.77. The van der Waals surface area contributed by atoms with E-state index in [0.29, 0.717) is 30.6 Å². The summed E-state index contributed by atoms with van der Waals surface area (Å²) in [5, 5.41) is 2.75. The molecule has 142 valence electrons. The SMILES string of the molecule is CC1CC(C)CN(C(=O)C(=O)Nc2ccc(N3CCN(C)CC3)cc2)C1. The fraction of sp³-hybridized carbons (Fsp3) is 0.600. The second-order valence-corrected chi connectivity index (χ2v) is 7.95. The van der Waals surface area contributed by atoms with E-state index in [-0.39, 0.29) is 0 Å². The molecule has 0 saturated carbocycles. The summed E-state index contributed by atoms with van der Waals surface area (Å²) in [6.07, 6.45) is 1.11. The molecular weight excluding hydrogens is 328 g/mol. The van der Waals surface area contributed by atoms with Gasteiger partial charge in [0.1, 0.15) is 0 Å². The number of benzene rings is 1. The first-order chi connectivity index (χ1) is 12.4. The van der Waals surface area contributed by atoms with Gasteiger partial charge in [0.2, 0.25) is 0 Å². The fourth-order valence-corrected chi connectivity index (χ4v) is 3.98. The number of hydrogen-bond donors (Lipinski definition) is 1. The molecule has 26 heavy (non-hydrogen) atoms. The van der Waals surface area contributed by atoms with Crippen molar-refractivity contribution in [2.75, 3.05) is 56.5 Å². The molecule has 2 aliphatic heterocycles. The smallest absolute Gasteiger partial charge is 0.313 e. The lowest BCUT2D eigenvalue weighted by atomic mass is 9.92. The van der Waals surface area contributed by atoms with Crippen molar-refractivity contribution < 1.29 is 9.59 Å². The third-order valence-corrected chi connectivity index (χ3v) is 5.34. The number of likely N-dealkylation sites (N-methyl/N-ethyl adjacent to an activating group) is 1. The summed E-state index contributed by atoms with van der Waals surface area (Å²) in [5.74, 6) is -0.0815. The number of amides is 2. The van der Waals surface area contributed by atoms with E-state index in [2.05, 4.69) is 36.0 Å². The molecule has 0 radical (unpaired) electrons. The highest BCUT2D eigenvalue weighted by molar-refractivity contribution is 6.39. The van der Waals surface area contributed by atoms with Crippen LogP contribution < -0.4 is 10.2 Å². The van der Waals surface area contributed by atoms with Crippen molar-refractivity contribution in [1.29, 1.82) is 0 Å². The molecule has 2 amide bonds. The first kappa shape index (κ1) is 18.7. The number of anilines is 2. The number of nitrogens with zero attached hydrogens (tertiary/aromatic N) is 3. The van der Waals surface area contributed by atoms with Crippen molar-refractivity contribution in [2.45, 2.75) is 20.3 Å². The molecule has 3 rings (SSSR count). The van der Waals surface area contributed by atoms with Crippen LogP contribution >= 0.6 is 0 Å². The first-order valence-electron chi connectivity index (χ1n) is 9.56. The fourth-order valence-electron chi connectivity index (χ4n) is 3.98. The highest BCUT2D eigenvalue weighted by Crippen LogP contribution is 2.22. The maximum Gasteiger partial charge on any atom is 0.313 e. The molecule has 6 nitrogen and oxygen atoms in total. The number of piperidine rings is 1. The van der Waals surface area contributed by atoms with Gasteiger partial charge >= 0.3 is 11.8 Å². The van der Waals surface area contributed by atoms with Crippen LogP contribution in [-0.4, -0.2) is 67.9 Å². The topological polar surface area (TPSA) is 55.9 Å². The Morgan fingerprint density at radius 3 is 2.12 bits per heavy atom. The molecule has 2 unspecified atom stereocenters. The highest BCUT2D eigenvalue weighted by Gasteiger charge is 2.29. The number of rotatable bonds is 2. The second kappa shape index (κ2) is 8.08. The van der Waals surface area contributed by atoms with E-state index in [4.69, 9.17) is 0 Å². The normalized spacial score (nSPS) is 24.4. The minimum absolute atomic E-state index is 0.424. The maximum atomic E-state index is 12.4. The number of piperazine rings is 1. The van der Waals surface area contributed by atoms with Crippen molar-refractivity contribution in [2.24, 2.45) is 11.8 Å². The molecule has 1 N–H and O–H groups in total. The van der Waals surface area contributed by atoms with Gasteiger partial charge in [0.15, 0.2) is 0 Å². The van der Waals surface area contributed by atoms with Gasteiger partial charge in [0.05, 0.1) is 0 Å². The summed E-state index contributed by atoms with van der Waals surface area (Å²) >= 11 is 0. The van der Waals surface area contributed by atoms with Crippen LogP contribution in [0, 0.1) is 11.8 Å². The zero-order chi connectivity index (χ0) is 18.7. The van der Waals surface area contributed by atoms with Crippen molar-refractivity contribution in [1.82, 2.24) is 9.80 Å². The standard InChI is InChI=1S/C20H30N4O2/c1-15-12-16(2)14-24(13-15)20(26)19(25)21-17-4-6-18(7-5-17)23-10-8-22(3)9-11-23/h4-7,15-16H,8-14H2,1-3H3,(H,21,25). The summed E-state index contributed by atoms with van der Waals surface area (Å²) in [6.45, 7) is 9.71. The molecule has 2 saturated heterocycles. The van der Waals surface area contributed by atoms with Gasteiger partial charge in [-0.05, 0) is 49.6 Å². The Balaban J connectivity index is 1.56. The third-order valence-electron chi connectivity index (χ3n) is 5.34. The van der Waals surface area contributed by atoms with Gasteiger partial charge in [-0.3, -0.25) is 9.59 Å². The molecule has 2 fully saturated rings. The molecule has 2 heterocycles. The number of likely N-dealkylation sites (tertiary alicyclic amines) is 1. The Hall–Kier alpha value is -2.08. The Labute approximate surface area is 156 Å². The minimum atomic E-state index is -0.543. The lowest BCUT2D eigenvalue weighted by molar-refractivity contribution is -0.144. The van der Waals surface area contributed by atoms with Gasteiger partial charge < -0.3 is 20.0 Å². The van der Waals surface area contributed by atoms with Crippen LogP contribution in [0.5, 0.6) is 0 Å². The summed E-state index contributed by atoms with van der Waals surface area (Å²) in [7, 11) is 2.14. The molecule has 1 aromatic carbocycles. The number of carbonyl (C=O) groups excluding carboxylic acids is 2. The molecule has 2 aliphatic rings. The lowest BCUT2D eigenvalue weighted by Gasteiger charge is -2.34. The Morgan fingerprint density at radius 2 is 1.54 bits per heavy atom. The van der Waals surface area contributed by atoms with Crippen LogP contribution in [0.1, 0.15) is 20.3 Å². The molecule has 0 spiro atoms. The first-order valence-corrected chi connectivity index (χ1v) is 9.56. The second-order valence-electron chi connectivity index (χ2n) is 7.95. The van der Waals surface area contributed by atoms with E-state index in [9.17, 15) is 9.59 Å². The van der Waals surface area contributed by atoms with Gasteiger partial charge in [0.25, 0.3) is 0 Å². The van der Waals surface area contributed by atoms with Crippen LogP contribution in [0.2, 0.25) is 0 Å². The highest BCUT2D eigenvalue weighted by atomic mass is 16.2. The van der Waals surface area contributed by atoms with Gasteiger partial charge in [-0.15, -0.1) is 0 Å². The van der Waals surface area contributed by atoms with E-state index in [1.807, 2.05) is 24.3 Å². The predicted molar refractivity (Wildman–Crippen MR) is 104 cm³/mol.